The predicted octanol–water partition coefficient (Wildman–Crippen LogP) is 4.34. The Bertz CT molecular complexity index is 772. The molecule has 1 aliphatic heterocycles. The molecule has 0 aliphatic carbocycles. The van der Waals surface area contributed by atoms with Gasteiger partial charge in [-0.05, 0) is 37.5 Å². The number of pyridine rings is 1. The first kappa shape index (κ1) is 16.6. The summed E-state index contributed by atoms with van der Waals surface area (Å²) < 4.78 is 40.7. The Morgan fingerprint density at radius 2 is 2.04 bits per heavy atom. The Labute approximate surface area is 145 Å². The third kappa shape index (κ3) is 3.34. The number of nitrogens with zero attached hydrogens (tertiary/aromatic N) is 1. The van der Waals surface area contributed by atoms with E-state index in [0.29, 0.717) is 12.1 Å². The van der Waals surface area contributed by atoms with Crippen LogP contribution in [0.15, 0.2) is 29.1 Å². The maximum Gasteiger partial charge on any atom is 0.417 e. The van der Waals surface area contributed by atoms with Gasteiger partial charge in [0.2, 0.25) is 5.56 Å². The maximum absolute atomic E-state index is 13.2. The van der Waals surface area contributed by atoms with Crippen LogP contribution in [0.25, 0.3) is 10.9 Å². The molecule has 3 nitrogen and oxygen atoms in total. The van der Waals surface area contributed by atoms with Crippen molar-refractivity contribution in [2.45, 2.75) is 31.5 Å². The Morgan fingerprint density at radius 1 is 1.26 bits per heavy atom. The summed E-state index contributed by atoms with van der Waals surface area (Å²) in [5.41, 5.74) is -0.602. The van der Waals surface area contributed by atoms with Crippen LogP contribution in [0.1, 0.15) is 24.8 Å². The van der Waals surface area contributed by atoms with Gasteiger partial charge >= 0.3 is 6.18 Å². The first-order chi connectivity index (χ1) is 10.9. The van der Waals surface area contributed by atoms with E-state index in [4.69, 9.17) is 0 Å². The van der Waals surface area contributed by atoms with Gasteiger partial charge in [-0.25, -0.2) is 0 Å². The van der Waals surface area contributed by atoms with Gasteiger partial charge in [-0.1, -0.05) is 22.6 Å². The molecule has 0 radical (unpaired) electrons. The van der Waals surface area contributed by atoms with Crippen molar-refractivity contribution in [2.24, 2.45) is 0 Å². The molecule has 23 heavy (non-hydrogen) atoms. The fourth-order valence-corrected chi connectivity index (χ4v) is 4.07. The minimum Gasteiger partial charge on any atom is -0.368 e. The van der Waals surface area contributed by atoms with E-state index >= 15 is 0 Å². The number of halogens is 4. The molecule has 3 rings (SSSR count). The highest BCUT2D eigenvalue weighted by Gasteiger charge is 2.33. The van der Waals surface area contributed by atoms with E-state index in [2.05, 4.69) is 32.5 Å². The molecule has 1 unspecified atom stereocenters. The van der Waals surface area contributed by atoms with Crippen LogP contribution in [0.2, 0.25) is 0 Å². The number of fused-ring (bicyclic) bond motifs is 1. The highest BCUT2D eigenvalue weighted by molar-refractivity contribution is 14.1. The quantitative estimate of drug-likeness (QED) is 0.562. The number of alkyl halides is 4. The summed E-state index contributed by atoms with van der Waals surface area (Å²) in [7, 11) is 0. The number of benzene rings is 1. The number of nitrogens with one attached hydrogen (secondary N) is 1. The fraction of sp³-hybridized carbons (Fsp3) is 0.438. The van der Waals surface area contributed by atoms with Gasteiger partial charge in [0, 0.05) is 39.7 Å². The van der Waals surface area contributed by atoms with Crippen LogP contribution in [0.4, 0.5) is 18.9 Å². The lowest BCUT2D eigenvalue weighted by Gasteiger charge is -2.37. The van der Waals surface area contributed by atoms with Crippen LogP contribution in [0.3, 0.4) is 0 Å². The molecule has 0 amide bonds. The average molecular weight is 436 g/mol. The van der Waals surface area contributed by atoms with Crippen LogP contribution >= 0.6 is 22.6 Å². The average Bonchev–Trinajstić information content (AvgIpc) is 2.52. The zero-order valence-electron chi connectivity index (χ0n) is 12.3. The Kier molecular flexibility index (Phi) is 4.57. The smallest absolute Gasteiger partial charge is 0.368 e. The van der Waals surface area contributed by atoms with Crippen LogP contribution in [-0.2, 0) is 6.18 Å². The molecule has 7 heteroatoms. The lowest BCUT2D eigenvalue weighted by Crippen LogP contribution is -2.40. The molecule has 124 valence electrons. The molecule has 2 heterocycles. The summed E-state index contributed by atoms with van der Waals surface area (Å²) in [6, 6.07) is 5.90. The van der Waals surface area contributed by atoms with Crippen LogP contribution < -0.4 is 10.5 Å². The molecule has 1 aromatic heterocycles. The second-order valence-corrected chi connectivity index (χ2v) is 6.65. The van der Waals surface area contributed by atoms with Crippen LogP contribution in [-0.4, -0.2) is 22.0 Å². The number of H-pyrrole nitrogens is 1. The SMILES string of the molecule is O=c1cc(C(F)(F)F)c2cc(N3CCCCC3CI)ccc2[nH]1. The van der Waals surface area contributed by atoms with Crippen molar-refractivity contribution in [3.05, 3.63) is 40.2 Å². The van der Waals surface area contributed by atoms with Crippen molar-refractivity contribution in [3.8, 4) is 0 Å². The van der Waals surface area contributed by atoms with E-state index in [1.54, 1.807) is 18.2 Å². The van der Waals surface area contributed by atoms with E-state index in [1.807, 2.05) is 0 Å². The zero-order valence-corrected chi connectivity index (χ0v) is 14.4. The van der Waals surface area contributed by atoms with Gasteiger partial charge in [-0.2, -0.15) is 13.2 Å². The largest absolute Gasteiger partial charge is 0.417 e. The highest BCUT2D eigenvalue weighted by atomic mass is 127. The fourth-order valence-electron chi connectivity index (χ4n) is 3.16. The zero-order chi connectivity index (χ0) is 16.6. The summed E-state index contributed by atoms with van der Waals surface area (Å²) >= 11 is 2.32. The predicted molar refractivity (Wildman–Crippen MR) is 93.4 cm³/mol. The Balaban J connectivity index is 2.14. The molecule has 0 saturated carbocycles. The first-order valence-electron chi connectivity index (χ1n) is 7.47. The summed E-state index contributed by atoms with van der Waals surface area (Å²) in [5.74, 6) is 0. The van der Waals surface area contributed by atoms with Gasteiger partial charge < -0.3 is 9.88 Å². The topological polar surface area (TPSA) is 36.1 Å². The van der Waals surface area contributed by atoms with Gasteiger partial charge in [0.15, 0.2) is 0 Å². The minimum absolute atomic E-state index is 0.0485. The number of piperidine rings is 1. The Hall–Kier alpha value is -1.25. The van der Waals surface area contributed by atoms with E-state index < -0.39 is 17.3 Å². The standard InChI is InChI=1S/C16H16F3IN2O/c17-16(18,19)13-8-15(23)21-14-5-4-10(7-12(13)14)22-6-2-1-3-11(22)9-20/h4-5,7-8,11H,1-3,6,9H2,(H,21,23). The van der Waals surface area contributed by atoms with E-state index in [-0.39, 0.29) is 10.9 Å². The van der Waals surface area contributed by atoms with Crippen molar-refractivity contribution in [1.29, 1.82) is 0 Å². The van der Waals surface area contributed by atoms with Gasteiger partial charge in [-0.3, -0.25) is 4.79 Å². The normalized spacial score (nSPS) is 19.3. The summed E-state index contributed by atoms with van der Waals surface area (Å²) in [4.78, 5) is 16.1. The molecule has 1 aliphatic rings. The molecule has 1 atom stereocenters. The van der Waals surface area contributed by atoms with Gasteiger partial charge in [-0.15, -0.1) is 0 Å². The van der Waals surface area contributed by atoms with E-state index in [9.17, 15) is 18.0 Å². The number of aromatic nitrogens is 1. The lowest BCUT2D eigenvalue weighted by atomic mass is 10.0. The number of hydrogen-bond acceptors (Lipinski definition) is 2. The molecule has 2 aromatic rings. The summed E-state index contributed by atoms with van der Waals surface area (Å²) in [6.07, 6.45) is -1.30. The second kappa shape index (κ2) is 6.33. The molecule has 1 N–H and O–H groups in total. The number of anilines is 1. The van der Waals surface area contributed by atoms with Gasteiger partial charge in [0.25, 0.3) is 0 Å². The summed E-state index contributed by atoms with van der Waals surface area (Å²) in [5, 5.41) is 0.0485. The van der Waals surface area contributed by atoms with Crippen molar-refractivity contribution >= 4 is 39.2 Å². The third-order valence-electron chi connectivity index (χ3n) is 4.27. The molecule has 1 fully saturated rings. The number of hydrogen-bond donors (Lipinski definition) is 1. The molecule has 0 bridgehead atoms. The van der Waals surface area contributed by atoms with Gasteiger partial charge in [0.1, 0.15) is 0 Å². The maximum atomic E-state index is 13.2. The monoisotopic (exact) mass is 436 g/mol. The third-order valence-corrected chi connectivity index (χ3v) is 5.29. The van der Waals surface area contributed by atoms with Crippen LogP contribution in [0.5, 0.6) is 0 Å². The van der Waals surface area contributed by atoms with Gasteiger partial charge in [0.05, 0.1) is 5.56 Å². The minimum atomic E-state index is -4.55. The lowest BCUT2D eigenvalue weighted by molar-refractivity contribution is -0.136. The number of rotatable bonds is 2. The van der Waals surface area contributed by atoms with Crippen molar-refractivity contribution in [1.82, 2.24) is 4.98 Å². The van der Waals surface area contributed by atoms with E-state index in [1.165, 1.54) is 0 Å². The first-order valence-corrected chi connectivity index (χ1v) is 8.99. The van der Waals surface area contributed by atoms with Crippen molar-refractivity contribution < 1.29 is 13.2 Å². The highest BCUT2D eigenvalue weighted by Crippen LogP contribution is 2.35. The molecular formula is C16H16F3IN2O. The molecule has 1 aromatic carbocycles. The Morgan fingerprint density at radius 3 is 2.74 bits per heavy atom. The van der Waals surface area contributed by atoms with Crippen molar-refractivity contribution in [3.63, 3.8) is 0 Å². The number of aromatic amines is 1. The molecule has 1 saturated heterocycles. The van der Waals surface area contributed by atoms with Crippen LogP contribution in [0, 0.1) is 0 Å². The van der Waals surface area contributed by atoms with Crippen molar-refractivity contribution in [2.75, 3.05) is 15.9 Å². The molecule has 0 spiro atoms. The molecular weight excluding hydrogens is 420 g/mol. The van der Waals surface area contributed by atoms with E-state index in [0.717, 1.165) is 35.9 Å². The summed E-state index contributed by atoms with van der Waals surface area (Å²) in [6.45, 7) is 0.851. The second-order valence-electron chi connectivity index (χ2n) is 5.77.